The third kappa shape index (κ3) is 3.31. The molecule has 0 bridgehead atoms. The molecule has 2 nitrogen and oxygen atoms in total. The number of anilines is 2. The highest BCUT2D eigenvalue weighted by Gasteiger charge is 2.20. The minimum Gasteiger partial charge on any atom is -0.399 e. The average Bonchev–Trinajstić information content (AvgIpc) is 2.54. The van der Waals surface area contributed by atoms with Crippen LogP contribution in [0.15, 0.2) is 18.2 Å². The first-order valence-electron chi connectivity index (χ1n) is 6.88. The van der Waals surface area contributed by atoms with Gasteiger partial charge in [0.15, 0.2) is 0 Å². The minimum atomic E-state index is 0.815. The van der Waals surface area contributed by atoms with E-state index in [4.69, 9.17) is 5.73 Å². The zero-order chi connectivity index (χ0) is 13.1. The molecule has 0 spiro atoms. The van der Waals surface area contributed by atoms with Gasteiger partial charge >= 0.3 is 0 Å². The third-order valence-corrected chi connectivity index (χ3v) is 4.89. The van der Waals surface area contributed by atoms with Crippen molar-refractivity contribution in [3.05, 3.63) is 21.8 Å². The molecule has 1 aliphatic rings. The molecule has 2 N–H and O–H groups in total. The number of halogens is 1. The first kappa shape index (κ1) is 14.0. The molecule has 18 heavy (non-hydrogen) atoms. The SMILES string of the molecule is CC(C)C1CCCN(c2ccc(N)cc2I)CC1. The van der Waals surface area contributed by atoms with Gasteiger partial charge in [0.2, 0.25) is 0 Å². The molecule has 1 saturated heterocycles. The van der Waals surface area contributed by atoms with Gasteiger partial charge in [0.1, 0.15) is 0 Å². The first-order chi connectivity index (χ1) is 8.58. The van der Waals surface area contributed by atoms with Crippen LogP contribution in [0.5, 0.6) is 0 Å². The molecule has 0 radical (unpaired) electrons. The summed E-state index contributed by atoms with van der Waals surface area (Å²) in [5.41, 5.74) is 8.04. The van der Waals surface area contributed by atoms with Crippen molar-refractivity contribution in [2.45, 2.75) is 33.1 Å². The second-order valence-electron chi connectivity index (χ2n) is 5.63. The summed E-state index contributed by atoms with van der Waals surface area (Å²) in [6.07, 6.45) is 4.00. The van der Waals surface area contributed by atoms with Gasteiger partial charge in [-0.05, 0) is 71.9 Å². The highest BCUT2D eigenvalue weighted by molar-refractivity contribution is 14.1. The Bertz CT molecular complexity index is 403. The van der Waals surface area contributed by atoms with Crippen LogP contribution < -0.4 is 10.6 Å². The fraction of sp³-hybridized carbons (Fsp3) is 0.600. The summed E-state index contributed by atoms with van der Waals surface area (Å²) in [6.45, 7) is 7.08. The quantitative estimate of drug-likeness (QED) is 0.636. The van der Waals surface area contributed by atoms with Crippen molar-refractivity contribution in [3.63, 3.8) is 0 Å². The Balaban J connectivity index is 2.10. The standard InChI is InChI=1S/C15H23IN2/c1-11(2)12-4-3-8-18(9-7-12)15-6-5-13(17)10-14(15)16/h5-6,10-12H,3-4,7-9,17H2,1-2H3. The molecule has 1 atom stereocenters. The van der Waals surface area contributed by atoms with E-state index < -0.39 is 0 Å². The molecule has 0 aromatic heterocycles. The second kappa shape index (κ2) is 6.13. The van der Waals surface area contributed by atoms with Crippen molar-refractivity contribution in [1.29, 1.82) is 0 Å². The molecule has 1 aliphatic heterocycles. The first-order valence-corrected chi connectivity index (χ1v) is 7.96. The van der Waals surface area contributed by atoms with Crippen molar-refractivity contribution >= 4 is 34.0 Å². The Hall–Kier alpha value is -0.450. The molecule has 100 valence electrons. The molecule has 3 heteroatoms. The Kier molecular flexibility index (Phi) is 4.76. The number of nitrogen functional groups attached to an aromatic ring is 1. The number of benzene rings is 1. The molecular formula is C15H23IN2. The lowest BCUT2D eigenvalue weighted by molar-refractivity contribution is 0.351. The summed E-state index contributed by atoms with van der Waals surface area (Å²) in [7, 11) is 0. The molecule has 1 fully saturated rings. The molecule has 0 aliphatic carbocycles. The third-order valence-electron chi connectivity index (χ3n) is 4.03. The van der Waals surface area contributed by atoms with E-state index in [-0.39, 0.29) is 0 Å². The van der Waals surface area contributed by atoms with Crippen molar-refractivity contribution < 1.29 is 0 Å². The average molecular weight is 358 g/mol. The highest BCUT2D eigenvalue weighted by atomic mass is 127. The Morgan fingerprint density at radius 1 is 1.28 bits per heavy atom. The fourth-order valence-corrected chi connectivity index (χ4v) is 3.69. The zero-order valence-electron chi connectivity index (χ0n) is 11.3. The lowest BCUT2D eigenvalue weighted by Gasteiger charge is -2.25. The highest BCUT2D eigenvalue weighted by Crippen LogP contribution is 2.30. The maximum atomic E-state index is 5.83. The van der Waals surface area contributed by atoms with Gasteiger partial charge < -0.3 is 10.6 Å². The smallest absolute Gasteiger partial charge is 0.0503 e. The van der Waals surface area contributed by atoms with Gasteiger partial charge in [-0.3, -0.25) is 0 Å². The Morgan fingerprint density at radius 2 is 2.06 bits per heavy atom. The van der Waals surface area contributed by atoms with Crippen molar-refractivity contribution in [3.8, 4) is 0 Å². The summed E-state index contributed by atoms with van der Waals surface area (Å²) in [6, 6.07) is 6.26. The lowest BCUT2D eigenvalue weighted by Crippen LogP contribution is -2.25. The van der Waals surface area contributed by atoms with Crippen LogP contribution >= 0.6 is 22.6 Å². The van der Waals surface area contributed by atoms with Gasteiger partial charge in [-0.1, -0.05) is 13.8 Å². The number of hydrogen-bond donors (Lipinski definition) is 1. The van der Waals surface area contributed by atoms with E-state index in [0.29, 0.717) is 0 Å². The van der Waals surface area contributed by atoms with Crippen LogP contribution in [0, 0.1) is 15.4 Å². The Labute approximate surface area is 124 Å². The second-order valence-corrected chi connectivity index (χ2v) is 6.80. The van der Waals surface area contributed by atoms with Crippen LogP contribution in [0.2, 0.25) is 0 Å². The van der Waals surface area contributed by atoms with E-state index in [0.717, 1.165) is 17.5 Å². The van der Waals surface area contributed by atoms with E-state index in [2.05, 4.69) is 53.5 Å². The van der Waals surface area contributed by atoms with Gasteiger partial charge in [-0.2, -0.15) is 0 Å². The van der Waals surface area contributed by atoms with E-state index >= 15 is 0 Å². The van der Waals surface area contributed by atoms with Gasteiger partial charge in [0, 0.05) is 22.3 Å². The Morgan fingerprint density at radius 3 is 2.72 bits per heavy atom. The molecular weight excluding hydrogens is 335 g/mol. The molecule has 2 rings (SSSR count). The van der Waals surface area contributed by atoms with Crippen LogP contribution in [0.3, 0.4) is 0 Å². The van der Waals surface area contributed by atoms with E-state index in [1.807, 2.05) is 6.07 Å². The van der Waals surface area contributed by atoms with Gasteiger partial charge in [-0.15, -0.1) is 0 Å². The normalized spacial score (nSPS) is 21.1. The molecule has 0 saturated carbocycles. The summed E-state index contributed by atoms with van der Waals surface area (Å²) in [5.74, 6) is 1.71. The molecule has 1 aromatic carbocycles. The summed E-state index contributed by atoms with van der Waals surface area (Å²) < 4.78 is 1.27. The summed E-state index contributed by atoms with van der Waals surface area (Å²) >= 11 is 2.40. The lowest BCUT2D eigenvalue weighted by atomic mass is 9.89. The largest absolute Gasteiger partial charge is 0.399 e. The topological polar surface area (TPSA) is 29.3 Å². The van der Waals surface area contributed by atoms with Gasteiger partial charge in [0.05, 0.1) is 5.69 Å². The van der Waals surface area contributed by atoms with Gasteiger partial charge in [0.25, 0.3) is 0 Å². The number of hydrogen-bond acceptors (Lipinski definition) is 2. The summed E-state index contributed by atoms with van der Waals surface area (Å²) in [5, 5.41) is 0. The van der Waals surface area contributed by atoms with Crippen molar-refractivity contribution in [2.75, 3.05) is 23.7 Å². The predicted octanol–water partition coefficient (Wildman–Crippen LogP) is 4.14. The monoisotopic (exact) mass is 358 g/mol. The number of nitrogens with zero attached hydrogens (tertiary/aromatic N) is 1. The maximum Gasteiger partial charge on any atom is 0.0503 e. The fourth-order valence-electron chi connectivity index (χ4n) is 2.81. The van der Waals surface area contributed by atoms with Crippen LogP contribution in [0.1, 0.15) is 33.1 Å². The molecule has 1 unspecified atom stereocenters. The van der Waals surface area contributed by atoms with Crippen LogP contribution in [0.4, 0.5) is 11.4 Å². The van der Waals surface area contributed by atoms with Crippen LogP contribution in [-0.4, -0.2) is 13.1 Å². The molecule has 1 aromatic rings. The van der Waals surface area contributed by atoms with E-state index in [1.165, 1.54) is 41.6 Å². The molecule has 1 heterocycles. The summed E-state index contributed by atoms with van der Waals surface area (Å²) in [4.78, 5) is 2.53. The maximum absolute atomic E-state index is 5.83. The van der Waals surface area contributed by atoms with Crippen LogP contribution in [0.25, 0.3) is 0 Å². The predicted molar refractivity (Wildman–Crippen MR) is 88.0 cm³/mol. The van der Waals surface area contributed by atoms with E-state index in [9.17, 15) is 0 Å². The number of rotatable bonds is 2. The van der Waals surface area contributed by atoms with Gasteiger partial charge in [-0.25, -0.2) is 0 Å². The molecule has 0 amide bonds. The zero-order valence-corrected chi connectivity index (χ0v) is 13.5. The number of nitrogens with two attached hydrogens (primary N) is 1. The minimum absolute atomic E-state index is 0.815. The van der Waals surface area contributed by atoms with Crippen molar-refractivity contribution in [1.82, 2.24) is 0 Å². The van der Waals surface area contributed by atoms with Crippen molar-refractivity contribution in [2.24, 2.45) is 11.8 Å². The van der Waals surface area contributed by atoms with E-state index in [1.54, 1.807) is 0 Å². The van der Waals surface area contributed by atoms with Crippen LogP contribution in [-0.2, 0) is 0 Å².